The van der Waals surface area contributed by atoms with Crippen LogP contribution in [0.15, 0.2) is 22.9 Å². The maximum Gasteiger partial charge on any atom is 0.132 e. The lowest BCUT2D eigenvalue weighted by Gasteiger charge is -2.02. The third kappa shape index (κ3) is 2.20. The number of anilines is 1. The summed E-state index contributed by atoms with van der Waals surface area (Å²) < 4.78 is 2.93. The first-order valence-electron chi connectivity index (χ1n) is 5.29. The molecular formula is C11H15BrN4. The number of fused-ring (bicyclic) bond motifs is 1. The average Bonchev–Trinajstić information content (AvgIpc) is 2.56. The van der Waals surface area contributed by atoms with E-state index in [0.29, 0.717) is 0 Å². The summed E-state index contributed by atoms with van der Waals surface area (Å²) in [6.07, 6.45) is 3.93. The number of aryl methyl sites for hydroxylation is 1. The van der Waals surface area contributed by atoms with Crippen molar-refractivity contribution in [2.75, 3.05) is 19.3 Å². The summed E-state index contributed by atoms with van der Waals surface area (Å²) in [5.41, 5.74) is 7.60. The Balaban J connectivity index is 2.33. The molecule has 0 saturated heterocycles. The molecule has 2 rings (SSSR count). The molecule has 16 heavy (non-hydrogen) atoms. The SMILES string of the molecule is CNCCCc1nc(Br)c2ccc(N)cn12. The fourth-order valence-electron chi connectivity index (χ4n) is 1.72. The van der Waals surface area contributed by atoms with Crippen LogP contribution < -0.4 is 11.1 Å². The van der Waals surface area contributed by atoms with Gasteiger partial charge in [0.15, 0.2) is 0 Å². The fourth-order valence-corrected chi connectivity index (χ4v) is 2.25. The minimum absolute atomic E-state index is 0.757. The quantitative estimate of drug-likeness (QED) is 0.842. The lowest BCUT2D eigenvalue weighted by molar-refractivity contribution is 0.700. The first-order valence-corrected chi connectivity index (χ1v) is 6.08. The van der Waals surface area contributed by atoms with Gasteiger partial charge in [0.25, 0.3) is 0 Å². The van der Waals surface area contributed by atoms with Gasteiger partial charge in [0.1, 0.15) is 10.4 Å². The summed E-state index contributed by atoms with van der Waals surface area (Å²) in [4.78, 5) is 4.50. The van der Waals surface area contributed by atoms with E-state index in [2.05, 4.69) is 30.6 Å². The largest absolute Gasteiger partial charge is 0.398 e. The van der Waals surface area contributed by atoms with Crippen LogP contribution in [0.25, 0.3) is 5.52 Å². The molecule has 0 spiro atoms. The fraction of sp³-hybridized carbons (Fsp3) is 0.364. The minimum Gasteiger partial charge on any atom is -0.398 e. The highest BCUT2D eigenvalue weighted by atomic mass is 79.9. The highest BCUT2D eigenvalue weighted by molar-refractivity contribution is 9.10. The molecule has 5 heteroatoms. The number of imidazole rings is 1. The predicted octanol–water partition coefficient (Wildman–Crippen LogP) is 1.83. The maximum absolute atomic E-state index is 5.78. The van der Waals surface area contributed by atoms with Crippen molar-refractivity contribution >= 4 is 27.1 Å². The Morgan fingerprint density at radius 3 is 3.06 bits per heavy atom. The molecule has 0 aliphatic rings. The molecule has 0 aliphatic carbocycles. The highest BCUT2D eigenvalue weighted by Gasteiger charge is 2.08. The average molecular weight is 283 g/mol. The van der Waals surface area contributed by atoms with Crippen molar-refractivity contribution in [3.8, 4) is 0 Å². The summed E-state index contributed by atoms with van der Waals surface area (Å²) in [7, 11) is 1.96. The molecule has 86 valence electrons. The normalized spacial score (nSPS) is 11.1. The number of pyridine rings is 1. The van der Waals surface area contributed by atoms with Crippen LogP contribution in [0.1, 0.15) is 12.2 Å². The third-order valence-corrected chi connectivity index (χ3v) is 3.10. The van der Waals surface area contributed by atoms with Crippen LogP contribution in [0.4, 0.5) is 5.69 Å². The Hall–Kier alpha value is -1.07. The standard InChI is InChI=1S/C11H15BrN4/c1-14-6-2-3-10-15-11(12)9-5-4-8(13)7-16(9)10/h4-5,7,14H,2-3,6,13H2,1H3. The zero-order valence-corrected chi connectivity index (χ0v) is 10.8. The number of nitrogens with zero attached hydrogens (tertiary/aromatic N) is 2. The van der Waals surface area contributed by atoms with E-state index in [0.717, 1.165) is 41.0 Å². The van der Waals surface area contributed by atoms with Crippen molar-refractivity contribution in [2.45, 2.75) is 12.8 Å². The van der Waals surface area contributed by atoms with Crippen molar-refractivity contribution in [3.05, 3.63) is 28.8 Å². The number of halogens is 1. The summed E-state index contributed by atoms with van der Waals surface area (Å²) in [6.45, 7) is 0.995. The Morgan fingerprint density at radius 1 is 1.50 bits per heavy atom. The van der Waals surface area contributed by atoms with Crippen LogP contribution in [-0.2, 0) is 6.42 Å². The number of hydrogen-bond donors (Lipinski definition) is 2. The van der Waals surface area contributed by atoms with E-state index in [-0.39, 0.29) is 0 Å². The van der Waals surface area contributed by atoms with Gasteiger partial charge in [0, 0.05) is 18.3 Å². The summed E-state index contributed by atoms with van der Waals surface area (Å²) in [5, 5.41) is 3.13. The molecule has 0 bridgehead atoms. The number of rotatable bonds is 4. The van der Waals surface area contributed by atoms with Crippen molar-refractivity contribution in [1.29, 1.82) is 0 Å². The van der Waals surface area contributed by atoms with Crippen molar-refractivity contribution in [1.82, 2.24) is 14.7 Å². The second kappa shape index (κ2) is 4.84. The first kappa shape index (κ1) is 11.4. The van der Waals surface area contributed by atoms with Crippen LogP contribution in [-0.4, -0.2) is 23.0 Å². The monoisotopic (exact) mass is 282 g/mol. The molecule has 0 unspecified atom stereocenters. The Bertz CT molecular complexity index is 492. The molecule has 0 fully saturated rings. The Morgan fingerprint density at radius 2 is 2.31 bits per heavy atom. The zero-order valence-electron chi connectivity index (χ0n) is 9.20. The molecule has 0 atom stereocenters. The highest BCUT2D eigenvalue weighted by Crippen LogP contribution is 2.21. The van der Waals surface area contributed by atoms with Gasteiger partial charge in [-0.3, -0.25) is 0 Å². The van der Waals surface area contributed by atoms with Gasteiger partial charge in [0.2, 0.25) is 0 Å². The summed E-state index contributed by atoms with van der Waals surface area (Å²) >= 11 is 3.46. The molecule has 0 amide bonds. The van der Waals surface area contributed by atoms with Crippen LogP contribution in [0.5, 0.6) is 0 Å². The van der Waals surface area contributed by atoms with Gasteiger partial charge in [-0.25, -0.2) is 4.98 Å². The van der Waals surface area contributed by atoms with E-state index in [9.17, 15) is 0 Å². The molecule has 4 nitrogen and oxygen atoms in total. The minimum atomic E-state index is 0.757. The number of nitrogens with two attached hydrogens (primary N) is 1. The van der Waals surface area contributed by atoms with Crippen LogP contribution in [0.3, 0.4) is 0 Å². The summed E-state index contributed by atoms with van der Waals surface area (Å²) in [6, 6.07) is 3.87. The molecule has 2 aromatic rings. The Labute approximate surface area is 103 Å². The van der Waals surface area contributed by atoms with E-state index in [1.807, 2.05) is 25.4 Å². The van der Waals surface area contributed by atoms with Gasteiger partial charge < -0.3 is 15.5 Å². The van der Waals surface area contributed by atoms with Gasteiger partial charge >= 0.3 is 0 Å². The van der Waals surface area contributed by atoms with Crippen molar-refractivity contribution < 1.29 is 0 Å². The molecule has 0 radical (unpaired) electrons. The van der Waals surface area contributed by atoms with Gasteiger partial charge in [0.05, 0.1) is 5.52 Å². The summed E-state index contributed by atoms with van der Waals surface area (Å²) in [5.74, 6) is 1.05. The van der Waals surface area contributed by atoms with Crippen LogP contribution in [0, 0.1) is 0 Å². The van der Waals surface area contributed by atoms with Crippen LogP contribution >= 0.6 is 15.9 Å². The van der Waals surface area contributed by atoms with Gasteiger partial charge in [-0.15, -0.1) is 0 Å². The van der Waals surface area contributed by atoms with Crippen molar-refractivity contribution in [2.24, 2.45) is 0 Å². The lowest BCUT2D eigenvalue weighted by atomic mass is 10.3. The Kier molecular flexibility index (Phi) is 3.46. The van der Waals surface area contributed by atoms with E-state index in [4.69, 9.17) is 5.73 Å². The smallest absolute Gasteiger partial charge is 0.132 e. The number of aromatic nitrogens is 2. The van der Waals surface area contributed by atoms with Crippen LogP contribution in [0.2, 0.25) is 0 Å². The molecule has 0 aliphatic heterocycles. The second-order valence-corrected chi connectivity index (χ2v) is 4.49. The number of nitrogens with one attached hydrogen (secondary N) is 1. The van der Waals surface area contributed by atoms with E-state index < -0.39 is 0 Å². The number of nitrogen functional groups attached to an aromatic ring is 1. The van der Waals surface area contributed by atoms with E-state index >= 15 is 0 Å². The maximum atomic E-state index is 5.78. The third-order valence-electron chi connectivity index (χ3n) is 2.52. The molecule has 2 aromatic heterocycles. The second-order valence-electron chi connectivity index (χ2n) is 3.74. The van der Waals surface area contributed by atoms with Gasteiger partial charge in [-0.05, 0) is 48.1 Å². The lowest BCUT2D eigenvalue weighted by Crippen LogP contribution is -2.09. The van der Waals surface area contributed by atoms with Gasteiger partial charge in [-0.1, -0.05) is 0 Å². The number of hydrogen-bond acceptors (Lipinski definition) is 3. The molecule has 0 aromatic carbocycles. The molecular weight excluding hydrogens is 268 g/mol. The molecule has 3 N–H and O–H groups in total. The van der Waals surface area contributed by atoms with E-state index in [1.54, 1.807) is 0 Å². The van der Waals surface area contributed by atoms with E-state index in [1.165, 1.54) is 0 Å². The topological polar surface area (TPSA) is 55.3 Å². The van der Waals surface area contributed by atoms with Gasteiger partial charge in [-0.2, -0.15) is 0 Å². The molecule has 0 saturated carbocycles. The van der Waals surface area contributed by atoms with Crippen molar-refractivity contribution in [3.63, 3.8) is 0 Å². The zero-order chi connectivity index (χ0) is 11.5. The molecule has 2 heterocycles. The first-order chi connectivity index (χ1) is 7.72. The predicted molar refractivity (Wildman–Crippen MR) is 69.6 cm³/mol.